The van der Waals surface area contributed by atoms with E-state index in [-0.39, 0.29) is 16.7 Å². The normalized spacial score (nSPS) is 13.8. The first-order chi connectivity index (χ1) is 8.21. The van der Waals surface area contributed by atoms with Gasteiger partial charge in [-0.2, -0.15) is 0 Å². The van der Waals surface area contributed by atoms with Gasteiger partial charge < -0.3 is 15.5 Å². The summed E-state index contributed by atoms with van der Waals surface area (Å²) in [5.41, 5.74) is 0.460. The molecule has 0 amide bonds. The van der Waals surface area contributed by atoms with Crippen molar-refractivity contribution >= 4 is 9.84 Å². The third-order valence-electron chi connectivity index (χ3n) is 2.49. The van der Waals surface area contributed by atoms with E-state index in [9.17, 15) is 18.6 Å². The highest BCUT2D eigenvalue weighted by atomic mass is 32.2. The van der Waals surface area contributed by atoms with Crippen LogP contribution >= 0.6 is 0 Å². The van der Waals surface area contributed by atoms with Gasteiger partial charge in [-0.3, -0.25) is 0 Å². The Morgan fingerprint density at radius 1 is 1.33 bits per heavy atom. The van der Waals surface area contributed by atoms with Gasteiger partial charge >= 0.3 is 0 Å². The molecule has 0 heterocycles. The van der Waals surface area contributed by atoms with E-state index in [1.54, 1.807) is 0 Å². The molecule has 102 valence electrons. The Morgan fingerprint density at radius 2 is 1.94 bits per heavy atom. The summed E-state index contributed by atoms with van der Waals surface area (Å²) < 4.78 is 22.9. The Labute approximate surface area is 107 Å². The van der Waals surface area contributed by atoms with Crippen molar-refractivity contribution in [2.45, 2.75) is 30.9 Å². The van der Waals surface area contributed by atoms with E-state index in [0.29, 0.717) is 12.1 Å². The lowest BCUT2D eigenvalue weighted by Crippen LogP contribution is -2.27. The molecule has 1 aromatic carbocycles. The zero-order valence-corrected chi connectivity index (χ0v) is 11.5. The topological polar surface area (TPSA) is 86.6 Å². The highest BCUT2D eigenvalue weighted by Crippen LogP contribution is 2.26. The summed E-state index contributed by atoms with van der Waals surface area (Å²) in [5, 5.41) is 22.5. The first-order valence-electron chi connectivity index (χ1n) is 5.66. The third kappa shape index (κ3) is 3.97. The van der Waals surface area contributed by atoms with Crippen LogP contribution in [0.3, 0.4) is 0 Å². The van der Waals surface area contributed by atoms with Crippen molar-refractivity contribution in [3.63, 3.8) is 0 Å². The Morgan fingerprint density at radius 3 is 2.44 bits per heavy atom. The van der Waals surface area contributed by atoms with Crippen LogP contribution in [-0.2, 0) is 9.84 Å². The van der Waals surface area contributed by atoms with Crippen LogP contribution in [0.4, 0.5) is 0 Å². The molecule has 3 N–H and O–H groups in total. The molecule has 6 heteroatoms. The van der Waals surface area contributed by atoms with Gasteiger partial charge in [0.2, 0.25) is 0 Å². The summed E-state index contributed by atoms with van der Waals surface area (Å²) in [6.45, 7) is 4.22. The highest BCUT2D eigenvalue weighted by molar-refractivity contribution is 7.90. The van der Waals surface area contributed by atoms with Crippen molar-refractivity contribution in [3.05, 3.63) is 23.8 Å². The zero-order chi connectivity index (χ0) is 13.9. The Hall–Kier alpha value is -1.11. The molecule has 0 radical (unpaired) electrons. The van der Waals surface area contributed by atoms with E-state index in [1.807, 2.05) is 13.8 Å². The predicted molar refractivity (Wildman–Crippen MR) is 69.3 cm³/mol. The van der Waals surface area contributed by atoms with Gasteiger partial charge in [0.15, 0.2) is 9.84 Å². The van der Waals surface area contributed by atoms with Gasteiger partial charge in [0, 0.05) is 18.8 Å². The molecule has 0 saturated heterocycles. The number of aromatic hydroxyl groups is 1. The Balaban J connectivity index is 2.98. The van der Waals surface area contributed by atoms with E-state index < -0.39 is 15.9 Å². The SMILES string of the molecule is CC(C)NCC(O)c1ccc(O)c(S(C)(=O)=O)c1. The van der Waals surface area contributed by atoms with E-state index in [4.69, 9.17) is 0 Å². The molecule has 1 rings (SSSR count). The first-order valence-corrected chi connectivity index (χ1v) is 7.55. The van der Waals surface area contributed by atoms with Crippen LogP contribution in [-0.4, -0.2) is 37.5 Å². The maximum absolute atomic E-state index is 11.4. The monoisotopic (exact) mass is 273 g/mol. The minimum Gasteiger partial charge on any atom is -0.507 e. The number of sulfone groups is 1. The molecule has 0 saturated carbocycles. The lowest BCUT2D eigenvalue weighted by molar-refractivity contribution is 0.171. The van der Waals surface area contributed by atoms with Gasteiger partial charge in [0.1, 0.15) is 10.6 Å². The van der Waals surface area contributed by atoms with Gasteiger partial charge in [-0.25, -0.2) is 8.42 Å². The predicted octanol–water partition coefficient (Wildman–Crippen LogP) is 0.827. The van der Waals surface area contributed by atoms with Crippen LogP contribution in [0.5, 0.6) is 5.75 Å². The second-order valence-corrected chi connectivity index (χ2v) is 6.56. The van der Waals surface area contributed by atoms with Crippen LogP contribution < -0.4 is 5.32 Å². The van der Waals surface area contributed by atoms with Gasteiger partial charge in [-0.1, -0.05) is 19.9 Å². The van der Waals surface area contributed by atoms with Crippen LogP contribution in [0.2, 0.25) is 0 Å². The van der Waals surface area contributed by atoms with Crippen LogP contribution in [0, 0.1) is 0 Å². The lowest BCUT2D eigenvalue weighted by atomic mass is 10.1. The standard InChI is InChI=1S/C12H19NO4S/c1-8(2)13-7-11(15)9-4-5-10(14)12(6-9)18(3,16)17/h4-6,8,11,13-15H,7H2,1-3H3. The van der Waals surface area contributed by atoms with Crippen LogP contribution in [0.25, 0.3) is 0 Å². The molecule has 0 bridgehead atoms. The highest BCUT2D eigenvalue weighted by Gasteiger charge is 2.16. The number of benzene rings is 1. The molecule has 1 unspecified atom stereocenters. The molecule has 18 heavy (non-hydrogen) atoms. The third-order valence-corrected chi connectivity index (χ3v) is 3.61. The van der Waals surface area contributed by atoms with Gasteiger partial charge in [-0.15, -0.1) is 0 Å². The fraction of sp³-hybridized carbons (Fsp3) is 0.500. The number of aliphatic hydroxyl groups excluding tert-OH is 1. The molecular weight excluding hydrogens is 254 g/mol. The molecule has 1 atom stereocenters. The van der Waals surface area contributed by atoms with Crippen LogP contribution in [0.1, 0.15) is 25.5 Å². The second-order valence-electron chi connectivity index (χ2n) is 4.58. The lowest BCUT2D eigenvalue weighted by Gasteiger charge is -2.15. The largest absolute Gasteiger partial charge is 0.507 e. The van der Waals surface area contributed by atoms with Crippen molar-refractivity contribution in [2.24, 2.45) is 0 Å². The summed E-state index contributed by atoms with van der Waals surface area (Å²) in [5.74, 6) is -0.301. The molecule has 5 nitrogen and oxygen atoms in total. The zero-order valence-electron chi connectivity index (χ0n) is 10.7. The van der Waals surface area contributed by atoms with Crippen LogP contribution in [0.15, 0.2) is 23.1 Å². The Kier molecular flexibility index (Phi) is 4.72. The number of hydrogen-bond donors (Lipinski definition) is 3. The summed E-state index contributed by atoms with van der Waals surface area (Å²) in [7, 11) is -3.50. The van der Waals surface area contributed by atoms with E-state index >= 15 is 0 Å². The van der Waals surface area contributed by atoms with E-state index in [0.717, 1.165) is 6.26 Å². The average Bonchev–Trinajstić information content (AvgIpc) is 2.24. The second kappa shape index (κ2) is 5.69. The molecule has 0 aliphatic carbocycles. The summed E-state index contributed by atoms with van der Waals surface area (Å²) in [6.07, 6.45) is 0.207. The quantitative estimate of drug-likeness (QED) is 0.739. The molecule has 0 aliphatic rings. The summed E-state index contributed by atoms with van der Waals surface area (Å²) in [6, 6.07) is 4.32. The number of nitrogens with one attached hydrogen (secondary N) is 1. The number of aliphatic hydroxyl groups is 1. The van der Waals surface area contributed by atoms with Gasteiger partial charge in [0.25, 0.3) is 0 Å². The molecule has 0 aliphatic heterocycles. The first kappa shape index (κ1) is 14.9. The van der Waals surface area contributed by atoms with Crippen molar-refractivity contribution in [1.82, 2.24) is 5.32 Å². The average molecular weight is 273 g/mol. The number of hydrogen-bond acceptors (Lipinski definition) is 5. The molecule has 1 aromatic rings. The molecule has 0 fully saturated rings. The van der Waals surface area contributed by atoms with Crippen molar-refractivity contribution in [2.75, 3.05) is 12.8 Å². The summed E-state index contributed by atoms with van der Waals surface area (Å²) >= 11 is 0. The smallest absolute Gasteiger partial charge is 0.179 e. The number of rotatable bonds is 5. The van der Waals surface area contributed by atoms with Gasteiger partial charge in [0.05, 0.1) is 6.10 Å². The van der Waals surface area contributed by atoms with Crippen molar-refractivity contribution in [3.8, 4) is 5.75 Å². The fourth-order valence-corrected chi connectivity index (χ4v) is 2.30. The van der Waals surface area contributed by atoms with E-state index in [2.05, 4.69) is 5.32 Å². The number of phenolic OH excluding ortho intramolecular Hbond substituents is 1. The summed E-state index contributed by atoms with van der Waals surface area (Å²) in [4.78, 5) is -0.163. The minimum absolute atomic E-state index is 0.163. The maximum Gasteiger partial charge on any atom is 0.179 e. The van der Waals surface area contributed by atoms with Crippen molar-refractivity contribution in [1.29, 1.82) is 0 Å². The van der Waals surface area contributed by atoms with E-state index in [1.165, 1.54) is 18.2 Å². The van der Waals surface area contributed by atoms with Crippen molar-refractivity contribution < 1.29 is 18.6 Å². The van der Waals surface area contributed by atoms with Gasteiger partial charge in [-0.05, 0) is 17.7 Å². The maximum atomic E-state index is 11.4. The molecular formula is C12H19NO4S. The fourth-order valence-electron chi connectivity index (χ4n) is 1.50. The Bertz CT molecular complexity index is 511. The molecule has 0 aromatic heterocycles. The molecule has 0 spiro atoms. The minimum atomic E-state index is -3.50. The number of phenols is 1.